The van der Waals surface area contributed by atoms with E-state index in [-0.39, 0.29) is 5.92 Å². The fourth-order valence-corrected chi connectivity index (χ4v) is 4.68. The molecular weight excluding hydrogens is 352 g/mol. The van der Waals surface area contributed by atoms with E-state index in [1.807, 2.05) is 19.1 Å². The molecule has 0 saturated heterocycles. The molecule has 2 atom stereocenters. The molecule has 2 rings (SSSR count). The maximum Gasteiger partial charge on any atom is 0.324 e. The molecule has 0 aromatic carbocycles. The largest absolute Gasteiger partial charge is 0.480 e. The van der Waals surface area contributed by atoms with Crippen LogP contribution in [0.1, 0.15) is 32.6 Å². The lowest BCUT2D eigenvalue weighted by Crippen LogP contribution is -2.54. The molecule has 0 radical (unpaired) electrons. The van der Waals surface area contributed by atoms with E-state index < -0.39 is 11.5 Å². The van der Waals surface area contributed by atoms with Crippen LogP contribution in [0.15, 0.2) is 27.8 Å². The van der Waals surface area contributed by atoms with Crippen LogP contribution in [0.2, 0.25) is 0 Å². The first-order chi connectivity index (χ1) is 10.1. The lowest BCUT2D eigenvalue weighted by molar-refractivity contribution is -0.146. The molecule has 1 aliphatic carbocycles. The van der Waals surface area contributed by atoms with Crippen molar-refractivity contribution in [3.05, 3.63) is 22.8 Å². The Morgan fingerprint density at radius 3 is 3.14 bits per heavy atom. The van der Waals surface area contributed by atoms with Gasteiger partial charge >= 0.3 is 5.97 Å². The van der Waals surface area contributed by atoms with E-state index in [0.29, 0.717) is 6.54 Å². The summed E-state index contributed by atoms with van der Waals surface area (Å²) in [6, 6.07) is 3.87. The predicted molar refractivity (Wildman–Crippen MR) is 88.7 cm³/mol. The van der Waals surface area contributed by atoms with Crippen molar-refractivity contribution < 1.29 is 9.90 Å². The van der Waals surface area contributed by atoms with E-state index in [4.69, 9.17) is 0 Å². The number of pyridine rings is 1. The molecular formula is C15H21BrN2O2S. The highest BCUT2D eigenvalue weighted by Gasteiger charge is 2.48. The number of aliphatic carboxylic acids is 1. The number of nitrogens with one attached hydrogen (secondary N) is 1. The lowest BCUT2D eigenvalue weighted by Gasteiger charge is -2.32. The molecule has 2 unspecified atom stereocenters. The minimum atomic E-state index is -0.726. The first-order valence-electron chi connectivity index (χ1n) is 7.32. The number of carboxylic acid groups (broad SMARTS) is 1. The summed E-state index contributed by atoms with van der Waals surface area (Å²) < 4.78 is 0.998. The zero-order valence-electron chi connectivity index (χ0n) is 12.1. The predicted octanol–water partition coefficient (Wildman–Crippen LogP) is 3.56. The van der Waals surface area contributed by atoms with Crippen LogP contribution < -0.4 is 5.32 Å². The number of nitrogens with zero attached hydrogens (tertiary/aromatic N) is 1. The third-order valence-corrected chi connectivity index (χ3v) is 6.07. The Hall–Kier alpha value is -0.590. The van der Waals surface area contributed by atoms with Crippen LogP contribution in [-0.4, -0.2) is 33.9 Å². The molecule has 0 amide bonds. The Labute approximate surface area is 138 Å². The Balaban J connectivity index is 1.95. The number of hydrogen-bond acceptors (Lipinski definition) is 4. The molecule has 6 heteroatoms. The van der Waals surface area contributed by atoms with Crippen molar-refractivity contribution in [2.24, 2.45) is 5.92 Å². The van der Waals surface area contributed by atoms with E-state index in [1.165, 1.54) is 0 Å². The first-order valence-corrected chi connectivity index (χ1v) is 9.09. The van der Waals surface area contributed by atoms with Crippen molar-refractivity contribution >= 4 is 33.7 Å². The van der Waals surface area contributed by atoms with Gasteiger partial charge in [0.15, 0.2) is 0 Å². The monoisotopic (exact) mass is 372 g/mol. The maximum absolute atomic E-state index is 11.7. The topological polar surface area (TPSA) is 62.2 Å². The van der Waals surface area contributed by atoms with Crippen molar-refractivity contribution in [2.75, 3.05) is 12.3 Å². The van der Waals surface area contributed by atoms with Gasteiger partial charge in [-0.2, -0.15) is 0 Å². The number of hydrogen-bond donors (Lipinski definition) is 2. The van der Waals surface area contributed by atoms with Crippen molar-refractivity contribution in [1.82, 2.24) is 10.3 Å². The van der Waals surface area contributed by atoms with Crippen molar-refractivity contribution in [3.63, 3.8) is 0 Å². The molecule has 2 N–H and O–H groups in total. The number of carboxylic acids is 1. The number of halogens is 1. The molecule has 1 aromatic rings. The van der Waals surface area contributed by atoms with Gasteiger partial charge in [-0.15, -0.1) is 11.8 Å². The fourth-order valence-electron chi connectivity index (χ4n) is 3.15. The first kappa shape index (κ1) is 16.8. The van der Waals surface area contributed by atoms with Gasteiger partial charge in [-0.05, 0) is 65.5 Å². The molecule has 1 aromatic heterocycles. The lowest BCUT2D eigenvalue weighted by atomic mass is 9.85. The molecule has 4 nitrogen and oxygen atoms in total. The van der Waals surface area contributed by atoms with Gasteiger partial charge in [0.25, 0.3) is 0 Å². The van der Waals surface area contributed by atoms with Crippen LogP contribution in [0.25, 0.3) is 0 Å². The summed E-state index contributed by atoms with van der Waals surface area (Å²) in [6.07, 6.45) is 5.39. The van der Waals surface area contributed by atoms with Gasteiger partial charge in [0.2, 0.25) is 0 Å². The molecule has 1 fully saturated rings. The van der Waals surface area contributed by atoms with Crippen molar-refractivity contribution in [2.45, 2.75) is 43.2 Å². The molecule has 0 bridgehead atoms. The van der Waals surface area contributed by atoms with Crippen LogP contribution in [0.3, 0.4) is 0 Å². The minimum Gasteiger partial charge on any atom is -0.480 e. The second-order valence-electron chi connectivity index (χ2n) is 5.32. The third-order valence-electron chi connectivity index (χ3n) is 4.12. The zero-order valence-corrected chi connectivity index (χ0v) is 14.5. The highest BCUT2D eigenvalue weighted by atomic mass is 79.9. The van der Waals surface area contributed by atoms with Crippen molar-refractivity contribution in [1.29, 1.82) is 0 Å². The molecule has 21 heavy (non-hydrogen) atoms. The third kappa shape index (κ3) is 3.79. The van der Waals surface area contributed by atoms with Crippen LogP contribution in [0.4, 0.5) is 0 Å². The zero-order chi connectivity index (χ0) is 15.3. The quantitative estimate of drug-likeness (QED) is 0.716. The molecule has 1 heterocycles. The number of aromatic nitrogens is 1. The summed E-state index contributed by atoms with van der Waals surface area (Å²) in [4.78, 5) is 16.1. The maximum atomic E-state index is 11.7. The van der Waals surface area contributed by atoms with Crippen LogP contribution in [0, 0.1) is 5.92 Å². The Morgan fingerprint density at radius 2 is 2.48 bits per heavy atom. The van der Waals surface area contributed by atoms with Gasteiger partial charge in [0, 0.05) is 10.7 Å². The number of thioether (sulfide) groups is 1. The average molecular weight is 373 g/mol. The summed E-state index contributed by atoms with van der Waals surface area (Å²) in [5, 5.41) is 13.8. The molecule has 1 aliphatic rings. The van der Waals surface area contributed by atoms with Crippen molar-refractivity contribution in [3.8, 4) is 0 Å². The van der Waals surface area contributed by atoms with Crippen LogP contribution in [0.5, 0.6) is 0 Å². The normalized spacial score (nSPS) is 25.1. The Kier molecular flexibility index (Phi) is 6.08. The van der Waals surface area contributed by atoms with Gasteiger partial charge in [-0.1, -0.05) is 13.3 Å². The number of likely N-dealkylation sites (N-methyl/N-ethyl adjacent to an activating group) is 1. The second-order valence-corrected chi connectivity index (χ2v) is 7.26. The summed E-state index contributed by atoms with van der Waals surface area (Å²) in [5.41, 5.74) is -0.726. The standard InChI is InChI=1S/C15H21BrN2O2S/c1-2-18-15(14(19)20)8-3-5-11(15)7-10-21-13-12(16)6-4-9-17-13/h4,6,9,11,18H,2-3,5,7-8,10H2,1H3,(H,19,20). The van der Waals surface area contributed by atoms with Crippen LogP contribution >= 0.6 is 27.7 Å². The Morgan fingerprint density at radius 1 is 1.67 bits per heavy atom. The number of rotatable bonds is 7. The van der Waals surface area contributed by atoms with Gasteiger partial charge in [-0.3, -0.25) is 4.79 Å². The molecule has 1 saturated carbocycles. The number of carbonyl (C=O) groups is 1. The summed E-state index contributed by atoms with van der Waals surface area (Å²) in [6.45, 7) is 2.67. The average Bonchev–Trinajstić information content (AvgIpc) is 2.86. The summed E-state index contributed by atoms with van der Waals surface area (Å²) >= 11 is 5.18. The molecule has 116 valence electrons. The van der Waals surface area contributed by atoms with Gasteiger partial charge < -0.3 is 10.4 Å². The van der Waals surface area contributed by atoms with Crippen LogP contribution in [-0.2, 0) is 4.79 Å². The Bertz CT molecular complexity index is 500. The molecule has 0 spiro atoms. The smallest absolute Gasteiger partial charge is 0.324 e. The summed E-state index contributed by atoms with van der Waals surface area (Å²) in [7, 11) is 0. The van der Waals surface area contributed by atoms with E-state index >= 15 is 0 Å². The summed E-state index contributed by atoms with van der Waals surface area (Å²) in [5.74, 6) is 0.390. The van der Waals surface area contributed by atoms with E-state index in [0.717, 1.165) is 40.9 Å². The van der Waals surface area contributed by atoms with E-state index in [9.17, 15) is 9.90 Å². The molecule has 0 aliphatic heterocycles. The van der Waals surface area contributed by atoms with Gasteiger partial charge in [-0.25, -0.2) is 4.98 Å². The second kappa shape index (κ2) is 7.61. The van der Waals surface area contributed by atoms with Gasteiger partial charge in [0.1, 0.15) is 10.6 Å². The minimum absolute atomic E-state index is 0.199. The van der Waals surface area contributed by atoms with Gasteiger partial charge in [0.05, 0.1) is 0 Å². The highest BCUT2D eigenvalue weighted by Crippen LogP contribution is 2.39. The fraction of sp³-hybridized carbons (Fsp3) is 0.600. The SMILES string of the molecule is CCNC1(C(=O)O)CCCC1CCSc1ncccc1Br. The highest BCUT2D eigenvalue weighted by molar-refractivity contribution is 9.10. The van der Waals surface area contributed by atoms with E-state index in [1.54, 1.807) is 18.0 Å². The van der Waals surface area contributed by atoms with E-state index in [2.05, 4.69) is 26.2 Å².